The Hall–Kier alpha value is -1.94. The summed E-state index contributed by atoms with van der Waals surface area (Å²) in [6.07, 6.45) is 0. The minimum absolute atomic E-state index is 0.531. The van der Waals surface area contributed by atoms with Gasteiger partial charge in [-0.1, -0.05) is 12.1 Å². The second kappa shape index (κ2) is 4.93. The number of hydrogen-bond acceptors (Lipinski definition) is 4. The molecular formula is C13H16N4. The molecule has 1 aromatic heterocycles. The largest absolute Gasteiger partial charge is 0.326 e. The summed E-state index contributed by atoms with van der Waals surface area (Å²) in [6, 6.07) is 9.88. The van der Waals surface area contributed by atoms with Crippen LogP contribution in [0.4, 0.5) is 11.6 Å². The summed E-state index contributed by atoms with van der Waals surface area (Å²) in [4.78, 5) is 8.66. The van der Waals surface area contributed by atoms with Gasteiger partial charge in [-0.05, 0) is 37.6 Å². The Morgan fingerprint density at radius 3 is 2.47 bits per heavy atom. The molecule has 0 saturated carbocycles. The maximum Gasteiger partial charge on any atom is 0.227 e. The number of nitrogens with one attached hydrogen (secondary N) is 1. The Kier molecular flexibility index (Phi) is 3.35. The molecule has 0 unspecified atom stereocenters. The Morgan fingerprint density at radius 1 is 1.12 bits per heavy atom. The number of aryl methyl sites for hydroxylation is 2. The molecule has 0 aliphatic rings. The molecule has 1 aromatic carbocycles. The number of nitrogens with two attached hydrogens (primary N) is 1. The summed E-state index contributed by atoms with van der Waals surface area (Å²) in [5.41, 5.74) is 9.55. The number of rotatable bonds is 3. The van der Waals surface area contributed by atoms with E-state index < -0.39 is 0 Å². The number of anilines is 2. The van der Waals surface area contributed by atoms with E-state index in [1.54, 1.807) is 0 Å². The molecule has 0 aliphatic carbocycles. The van der Waals surface area contributed by atoms with E-state index in [1.165, 1.54) is 0 Å². The molecule has 0 bridgehead atoms. The van der Waals surface area contributed by atoms with Crippen molar-refractivity contribution in [1.29, 1.82) is 0 Å². The third kappa shape index (κ3) is 3.01. The van der Waals surface area contributed by atoms with Crippen LogP contribution in [0.15, 0.2) is 30.3 Å². The molecule has 0 aliphatic heterocycles. The van der Waals surface area contributed by atoms with Gasteiger partial charge in [-0.2, -0.15) is 0 Å². The lowest BCUT2D eigenvalue weighted by atomic mass is 10.2. The molecule has 0 amide bonds. The van der Waals surface area contributed by atoms with Crippen LogP contribution in [0.2, 0.25) is 0 Å². The van der Waals surface area contributed by atoms with Gasteiger partial charge in [0.1, 0.15) is 0 Å². The number of benzene rings is 1. The fourth-order valence-electron chi connectivity index (χ4n) is 1.69. The molecule has 88 valence electrons. The summed E-state index contributed by atoms with van der Waals surface area (Å²) in [6.45, 7) is 4.44. The van der Waals surface area contributed by atoms with Crippen molar-refractivity contribution in [2.45, 2.75) is 20.4 Å². The number of hydrogen-bond donors (Lipinski definition) is 2. The topological polar surface area (TPSA) is 63.8 Å². The Morgan fingerprint density at radius 2 is 1.82 bits per heavy atom. The highest BCUT2D eigenvalue weighted by Crippen LogP contribution is 2.15. The molecule has 0 spiro atoms. The number of nitrogens with zero attached hydrogens (tertiary/aromatic N) is 2. The first-order valence-electron chi connectivity index (χ1n) is 5.55. The van der Waals surface area contributed by atoms with E-state index in [9.17, 15) is 0 Å². The van der Waals surface area contributed by atoms with Crippen molar-refractivity contribution in [2.75, 3.05) is 5.32 Å². The van der Waals surface area contributed by atoms with Crippen LogP contribution in [0.3, 0.4) is 0 Å². The highest BCUT2D eigenvalue weighted by atomic mass is 15.1. The van der Waals surface area contributed by atoms with Crippen molar-refractivity contribution in [3.05, 3.63) is 47.3 Å². The summed E-state index contributed by atoms with van der Waals surface area (Å²) >= 11 is 0. The second-order valence-corrected chi connectivity index (χ2v) is 4.00. The molecule has 0 radical (unpaired) electrons. The van der Waals surface area contributed by atoms with Gasteiger partial charge in [0.15, 0.2) is 0 Å². The van der Waals surface area contributed by atoms with E-state index in [0.29, 0.717) is 12.5 Å². The van der Waals surface area contributed by atoms with Gasteiger partial charge in [0, 0.05) is 23.6 Å². The van der Waals surface area contributed by atoms with Gasteiger partial charge in [0.25, 0.3) is 0 Å². The Labute approximate surface area is 101 Å². The van der Waals surface area contributed by atoms with Crippen LogP contribution in [0, 0.1) is 13.8 Å². The van der Waals surface area contributed by atoms with E-state index in [0.717, 1.165) is 22.6 Å². The maximum atomic E-state index is 5.60. The lowest BCUT2D eigenvalue weighted by Crippen LogP contribution is -2.01. The van der Waals surface area contributed by atoms with Gasteiger partial charge in [-0.3, -0.25) is 0 Å². The highest BCUT2D eigenvalue weighted by Gasteiger charge is 2.00. The zero-order chi connectivity index (χ0) is 12.3. The summed E-state index contributed by atoms with van der Waals surface area (Å²) in [7, 11) is 0. The first-order chi connectivity index (χ1) is 8.17. The molecule has 4 nitrogen and oxygen atoms in total. The van der Waals surface area contributed by atoms with Gasteiger partial charge >= 0.3 is 0 Å². The minimum atomic E-state index is 0.531. The van der Waals surface area contributed by atoms with Gasteiger partial charge in [-0.15, -0.1) is 0 Å². The van der Waals surface area contributed by atoms with Gasteiger partial charge in [0.05, 0.1) is 0 Å². The molecule has 0 saturated heterocycles. The van der Waals surface area contributed by atoms with Crippen molar-refractivity contribution in [3.63, 3.8) is 0 Å². The van der Waals surface area contributed by atoms with E-state index in [4.69, 9.17) is 5.73 Å². The van der Waals surface area contributed by atoms with Crippen LogP contribution in [0.25, 0.3) is 0 Å². The molecule has 0 atom stereocenters. The van der Waals surface area contributed by atoms with Gasteiger partial charge < -0.3 is 11.1 Å². The fourth-order valence-corrected chi connectivity index (χ4v) is 1.69. The van der Waals surface area contributed by atoms with Crippen LogP contribution >= 0.6 is 0 Å². The van der Waals surface area contributed by atoms with Gasteiger partial charge in [0.2, 0.25) is 5.95 Å². The standard InChI is InChI=1S/C13H16N4/c1-9-6-10(2)16-13(15-9)17-12-5-3-4-11(7-12)8-14/h3-7H,8,14H2,1-2H3,(H,15,16,17). The molecule has 3 N–H and O–H groups in total. The van der Waals surface area contributed by atoms with Crippen LogP contribution in [0.5, 0.6) is 0 Å². The van der Waals surface area contributed by atoms with Crippen LogP contribution in [-0.2, 0) is 6.54 Å². The molecule has 17 heavy (non-hydrogen) atoms. The molecular weight excluding hydrogens is 212 g/mol. The molecule has 2 aromatic rings. The summed E-state index contributed by atoms with van der Waals surface area (Å²) in [5.74, 6) is 0.622. The van der Waals surface area contributed by atoms with Crippen molar-refractivity contribution >= 4 is 11.6 Å². The van der Waals surface area contributed by atoms with Crippen LogP contribution in [0.1, 0.15) is 17.0 Å². The molecule has 0 fully saturated rings. The van der Waals surface area contributed by atoms with Gasteiger partial charge in [-0.25, -0.2) is 9.97 Å². The SMILES string of the molecule is Cc1cc(C)nc(Nc2cccc(CN)c2)n1. The molecule has 2 rings (SSSR count). The highest BCUT2D eigenvalue weighted by molar-refractivity contribution is 5.54. The Balaban J connectivity index is 2.24. The molecule has 1 heterocycles. The average molecular weight is 228 g/mol. The first-order valence-corrected chi connectivity index (χ1v) is 5.55. The van der Waals surface area contributed by atoms with Crippen molar-refractivity contribution in [3.8, 4) is 0 Å². The van der Waals surface area contributed by atoms with E-state index in [1.807, 2.05) is 44.2 Å². The lowest BCUT2D eigenvalue weighted by molar-refractivity contribution is 1.05. The maximum absolute atomic E-state index is 5.60. The second-order valence-electron chi connectivity index (χ2n) is 4.00. The quantitative estimate of drug-likeness (QED) is 0.846. The normalized spacial score (nSPS) is 10.3. The van der Waals surface area contributed by atoms with Crippen LogP contribution < -0.4 is 11.1 Å². The molecule has 4 heteroatoms. The van der Waals surface area contributed by atoms with Crippen molar-refractivity contribution in [1.82, 2.24) is 9.97 Å². The average Bonchev–Trinajstić information content (AvgIpc) is 2.28. The summed E-state index contributed by atoms with van der Waals surface area (Å²) < 4.78 is 0. The van der Waals surface area contributed by atoms with Crippen LogP contribution in [-0.4, -0.2) is 9.97 Å². The predicted molar refractivity (Wildman–Crippen MR) is 69.1 cm³/mol. The minimum Gasteiger partial charge on any atom is -0.326 e. The number of aromatic nitrogens is 2. The third-order valence-corrected chi connectivity index (χ3v) is 2.40. The predicted octanol–water partition coefficient (Wildman–Crippen LogP) is 2.30. The lowest BCUT2D eigenvalue weighted by Gasteiger charge is -2.07. The van der Waals surface area contributed by atoms with E-state index >= 15 is 0 Å². The van der Waals surface area contributed by atoms with E-state index in [-0.39, 0.29) is 0 Å². The van der Waals surface area contributed by atoms with Crippen molar-refractivity contribution < 1.29 is 0 Å². The zero-order valence-corrected chi connectivity index (χ0v) is 10.1. The van der Waals surface area contributed by atoms with E-state index in [2.05, 4.69) is 15.3 Å². The fraction of sp³-hybridized carbons (Fsp3) is 0.231. The summed E-state index contributed by atoms with van der Waals surface area (Å²) in [5, 5.41) is 3.18. The first kappa shape index (κ1) is 11.5. The zero-order valence-electron chi connectivity index (χ0n) is 10.1. The Bertz CT molecular complexity index is 502. The monoisotopic (exact) mass is 228 g/mol. The third-order valence-electron chi connectivity index (χ3n) is 2.40. The van der Waals surface area contributed by atoms with Crippen molar-refractivity contribution in [2.24, 2.45) is 5.73 Å². The smallest absolute Gasteiger partial charge is 0.227 e.